The van der Waals surface area contributed by atoms with Crippen LogP contribution in [0.15, 0.2) is 24.3 Å². The van der Waals surface area contributed by atoms with Crippen LogP contribution in [-0.2, 0) is 0 Å². The Labute approximate surface area is 124 Å². The van der Waals surface area contributed by atoms with E-state index in [4.69, 9.17) is 4.74 Å². The van der Waals surface area contributed by atoms with Crippen molar-refractivity contribution in [3.63, 3.8) is 0 Å². The minimum absolute atomic E-state index is 0.245. The van der Waals surface area contributed by atoms with Crippen molar-refractivity contribution in [3.05, 3.63) is 29.8 Å². The van der Waals surface area contributed by atoms with Crippen LogP contribution in [0.5, 0.6) is 5.75 Å². The summed E-state index contributed by atoms with van der Waals surface area (Å²) in [7, 11) is 0. The van der Waals surface area contributed by atoms with E-state index in [-0.39, 0.29) is 6.10 Å². The van der Waals surface area contributed by atoms with Gasteiger partial charge in [-0.1, -0.05) is 59.2 Å². The molecule has 0 aromatic heterocycles. The molecule has 0 radical (unpaired) electrons. The SMILES string of the molecule is CCCC(NCC)C(CC)Oc1ccccc1C(C)C. The summed E-state index contributed by atoms with van der Waals surface area (Å²) in [6.45, 7) is 12.0. The topological polar surface area (TPSA) is 21.3 Å². The van der Waals surface area contributed by atoms with Gasteiger partial charge in [-0.2, -0.15) is 0 Å². The average Bonchev–Trinajstić information content (AvgIpc) is 2.45. The average molecular weight is 277 g/mol. The normalized spacial score (nSPS) is 14.3. The van der Waals surface area contributed by atoms with E-state index in [0.29, 0.717) is 12.0 Å². The van der Waals surface area contributed by atoms with Crippen LogP contribution in [-0.4, -0.2) is 18.7 Å². The molecule has 1 aromatic rings. The van der Waals surface area contributed by atoms with Crippen molar-refractivity contribution in [2.24, 2.45) is 0 Å². The molecule has 0 saturated heterocycles. The molecular formula is C18H31NO. The Kier molecular flexibility index (Phi) is 7.68. The fourth-order valence-electron chi connectivity index (χ4n) is 2.67. The van der Waals surface area contributed by atoms with Gasteiger partial charge in [0.1, 0.15) is 11.9 Å². The highest BCUT2D eigenvalue weighted by Crippen LogP contribution is 2.28. The molecule has 0 saturated carbocycles. The lowest BCUT2D eigenvalue weighted by atomic mass is 10.0. The second-order valence-electron chi connectivity index (χ2n) is 5.71. The second-order valence-corrected chi connectivity index (χ2v) is 5.71. The number of benzene rings is 1. The summed E-state index contributed by atoms with van der Waals surface area (Å²) in [5.41, 5.74) is 1.30. The number of rotatable bonds is 9. The molecule has 0 fully saturated rings. The van der Waals surface area contributed by atoms with Crippen molar-refractivity contribution >= 4 is 0 Å². The first-order valence-corrected chi connectivity index (χ1v) is 8.12. The van der Waals surface area contributed by atoms with Gasteiger partial charge in [-0.05, 0) is 36.9 Å². The number of ether oxygens (including phenoxy) is 1. The van der Waals surface area contributed by atoms with Crippen LogP contribution in [0.3, 0.4) is 0 Å². The van der Waals surface area contributed by atoms with Crippen LogP contribution in [0.25, 0.3) is 0 Å². The molecule has 0 heterocycles. The van der Waals surface area contributed by atoms with E-state index in [9.17, 15) is 0 Å². The molecule has 0 amide bonds. The van der Waals surface area contributed by atoms with E-state index in [1.807, 2.05) is 0 Å². The van der Waals surface area contributed by atoms with Crippen molar-refractivity contribution < 1.29 is 4.74 Å². The summed E-state index contributed by atoms with van der Waals surface area (Å²) in [5, 5.41) is 3.58. The van der Waals surface area contributed by atoms with Gasteiger partial charge in [0.05, 0.1) is 0 Å². The number of para-hydroxylation sites is 1. The largest absolute Gasteiger partial charge is 0.489 e. The van der Waals surface area contributed by atoms with Crippen molar-refractivity contribution in [1.29, 1.82) is 0 Å². The van der Waals surface area contributed by atoms with Gasteiger partial charge in [-0.25, -0.2) is 0 Å². The van der Waals surface area contributed by atoms with E-state index in [2.05, 4.69) is 64.2 Å². The number of hydrogen-bond donors (Lipinski definition) is 1. The lowest BCUT2D eigenvalue weighted by Crippen LogP contribution is -2.42. The lowest BCUT2D eigenvalue weighted by molar-refractivity contribution is 0.142. The number of nitrogens with one attached hydrogen (secondary N) is 1. The quantitative estimate of drug-likeness (QED) is 0.703. The smallest absolute Gasteiger partial charge is 0.123 e. The van der Waals surface area contributed by atoms with Gasteiger partial charge >= 0.3 is 0 Å². The van der Waals surface area contributed by atoms with Gasteiger partial charge in [-0.3, -0.25) is 0 Å². The molecule has 0 aliphatic carbocycles. The highest BCUT2D eigenvalue weighted by atomic mass is 16.5. The zero-order valence-corrected chi connectivity index (χ0v) is 13.8. The second kappa shape index (κ2) is 9.02. The summed E-state index contributed by atoms with van der Waals surface area (Å²) in [6.07, 6.45) is 3.62. The van der Waals surface area contributed by atoms with E-state index in [0.717, 1.165) is 25.1 Å². The van der Waals surface area contributed by atoms with Gasteiger partial charge < -0.3 is 10.1 Å². The molecule has 2 nitrogen and oxygen atoms in total. The Morgan fingerprint density at radius 3 is 2.35 bits per heavy atom. The third kappa shape index (κ3) is 4.82. The van der Waals surface area contributed by atoms with Crippen molar-refractivity contribution in [3.8, 4) is 5.75 Å². The Hall–Kier alpha value is -1.02. The summed E-state index contributed by atoms with van der Waals surface area (Å²) in [6, 6.07) is 8.88. The van der Waals surface area contributed by atoms with Gasteiger partial charge in [0, 0.05) is 6.04 Å². The van der Waals surface area contributed by atoms with Gasteiger partial charge in [0.25, 0.3) is 0 Å². The monoisotopic (exact) mass is 277 g/mol. The molecule has 0 aliphatic heterocycles. The molecule has 1 aromatic carbocycles. The van der Waals surface area contributed by atoms with Gasteiger partial charge in [-0.15, -0.1) is 0 Å². The van der Waals surface area contributed by atoms with Crippen molar-refractivity contribution in [2.45, 2.75) is 71.9 Å². The van der Waals surface area contributed by atoms with Crippen molar-refractivity contribution in [2.75, 3.05) is 6.54 Å². The first kappa shape index (κ1) is 17.0. The molecule has 1 N–H and O–H groups in total. The highest BCUT2D eigenvalue weighted by molar-refractivity contribution is 5.35. The molecule has 0 spiro atoms. The summed E-state index contributed by atoms with van der Waals surface area (Å²) < 4.78 is 6.36. The van der Waals surface area contributed by atoms with E-state index >= 15 is 0 Å². The van der Waals surface area contributed by atoms with E-state index in [1.165, 1.54) is 12.0 Å². The van der Waals surface area contributed by atoms with E-state index < -0.39 is 0 Å². The maximum absolute atomic E-state index is 6.36. The summed E-state index contributed by atoms with van der Waals surface area (Å²) in [4.78, 5) is 0. The third-order valence-corrected chi connectivity index (χ3v) is 3.74. The third-order valence-electron chi connectivity index (χ3n) is 3.74. The van der Waals surface area contributed by atoms with Crippen LogP contribution < -0.4 is 10.1 Å². The Morgan fingerprint density at radius 2 is 1.80 bits per heavy atom. The van der Waals surface area contributed by atoms with Gasteiger partial charge in [0.15, 0.2) is 0 Å². The molecule has 2 unspecified atom stereocenters. The minimum Gasteiger partial charge on any atom is -0.489 e. The zero-order chi connectivity index (χ0) is 15.0. The first-order chi connectivity index (χ1) is 9.63. The van der Waals surface area contributed by atoms with Crippen LogP contribution in [0.2, 0.25) is 0 Å². The minimum atomic E-state index is 0.245. The Balaban J connectivity index is 2.86. The predicted octanol–water partition coefficient (Wildman–Crippen LogP) is 4.75. The molecule has 20 heavy (non-hydrogen) atoms. The fraction of sp³-hybridized carbons (Fsp3) is 0.667. The summed E-state index contributed by atoms with van der Waals surface area (Å²) in [5.74, 6) is 1.54. The maximum atomic E-state index is 6.36. The van der Waals surface area contributed by atoms with Crippen molar-refractivity contribution in [1.82, 2.24) is 5.32 Å². The maximum Gasteiger partial charge on any atom is 0.123 e. The number of likely N-dealkylation sites (N-methyl/N-ethyl adjacent to an activating group) is 1. The molecule has 1 rings (SSSR count). The lowest BCUT2D eigenvalue weighted by Gasteiger charge is -2.29. The Morgan fingerprint density at radius 1 is 1.10 bits per heavy atom. The Bertz CT molecular complexity index is 369. The molecule has 0 aliphatic rings. The van der Waals surface area contributed by atoms with Crippen LogP contribution in [0, 0.1) is 0 Å². The van der Waals surface area contributed by atoms with Crippen LogP contribution in [0.1, 0.15) is 65.4 Å². The highest BCUT2D eigenvalue weighted by Gasteiger charge is 2.21. The van der Waals surface area contributed by atoms with Gasteiger partial charge in [0.2, 0.25) is 0 Å². The fourth-order valence-corrected chi connectivity index (χ4v) is 2.67. The predicted molar refractivity (Wildman–Crippen MR) is 87.6 cm³/mol. The number of hydrogen-bond acceptors (Lipinski definition) is 2. The molecular weight excluding hydrogens is 246 g/mol. The standard InChI is InChI=1S/C18H31NO/c1-6-11-16(19-8-3)17(7-2)20-18-13-10-9-12-15(18)14(4)5/h9-10,12-14,16-17,19H,6-8,11H2,1-5H3. The zero-order valence-electron chi connectivity index (χ0n) is 13.8. The first-order valence-electron chi connectivity index (χ1n) is 8.12. The molecule has 0 bridgehead atoms. The molecule has 2 atom stereocenters. The molecule has 114 valence electrons. The van der Waals surface area contributed by atoms with Crippen LogP contribution >= 0.6 is 0 Å². The summed E-state index contributed by atoms with van der Waals surface area (Å²) >= 11 is 0. The van der Waals surface area contributed by atoms with E-state index in [1.54, 1.807) is 0 Å². The molecule has 2 heteroatoms. The van der Waals surface area contributed by atoms with Crippen LogP contribution in [0.4, 0.5) is 0 Å².